The van der Waals surface area contributed by atoms with Crippen LogP contribution in [0.25, 0.3) is 0 Å². The molecule has 0 spiro atoms. The summed E-state index contributed by atoms with van der Waals surface area (Å²) in [6, 6.07) is 0. The van der Waals surface area contributed by atoms with Crippen molar-refractivity contribution in [2.75, 3.05) is 0 Å². The van der Waals surface area contributed by atoms with Crippen LogP contribution in [0.5, 0.6) is 0 Å². The lowest BCUT2D eigenvalue weighted by Crippen LogP contribution is -2.25. The molecule has 0 aromatic heterocycles. The number of ether oxygens (including phenoxy) is 1. The molecule has 98 valence electrons. The minimum absolute atomic E-state index is 0.118. The van der Waals surface area contributed by atoms with Crippen molar-refractivity contribution in [3.05, 3.63) is 11.6 Å². The van der Waals surface area contributed by atoms with Gasteiger partial charge in [0.1, 0.15) is 0 Å². The van der Waals surface area contributed by atoms with Gasteiger partial charge in [0.2, 0.25) is 0 Å². The van der Waals surface area contributed by atoms with E-state index in [1.165, 1.54) is 0 Å². The van der Waals surface area contributed by atoms with E-state index in [1.807, 2.05) is 13.8 Å². The molecule has 0 heterocycles. The largest absolute Gasteiger partial charge is 0.479 e. The first kappa shape index (κ1) is 15.5. The number of carbonyl (C=O) groups is 2. The fraction of sp³-hybridized carbons (Fsp3) is 0.667. The summed E-state index contributed by atoms with van der Waals surface area (Å²) in [7, 11) is 0. The predicted molar refractivity (Wildman–Crippen MR) is 63.9 cm³/mol. The standard InChI is InChI=1S/C12H21NO4/c1-7(2)6-8(14)9(13)10(15)17-11(16)12(3,4)5/h7,15H,6,13H2,1-5H3/b10-9-. The highest BCUT2D eigenvalue weighted by Gasteiger charge is 2.26. The van der Waals surface area contributed by atoms with Gasteiger partial charge in [-0.05, 0) is 26.7 Å². The molecule has 0 aliphatic rings. The normalized spacial score (nSPS) is 13.3. The van der Waals surface area contributed by atoms with Gasteiger partial charge in [0.05, 0.1) is 5.41 Å². The van der Waals surface area contributed by atoms with Crippen molar-refractivity contribution in [3.63, 3.8) is 0 Å². The van der Waals surface area contributed by atoms with Gasteiger partial charge in [0.25, 0.3) is 0 Å². The number of nitrogens with two attached hydrogens (primary N) is 1. The summed E-state index contributed by atoms with van der Waals surface area (Å²) < 4.78 is 4.63. The van der Waals surface area contributed by atoms with Gasteiger partial charge in [-0.25, -0.2) is 0 Å². The molecule has 5 heteroatoms. The van der Waals surface area contributed by atoms with Crippen molar-refractivity contribution in [3.8, 4) is 0 Å². The van der Waals surface area contributed by atoms with Crippen molar-refractivity contribution in [1.82, 2.24) is 0 Å². The summed E-state index contributed by atoms with van der Waals surface area (Å²) in [6.45, 7) is 8.60. The van der Waals surface area contributed by atoms with Gasteiger partial charge in [-0.2, -0.15) is 0 Å². The van der Waals surface area contributed by atoms with Gasteiger partial charge < -0.3 is 15.6 Å². The maximum absolute atomic E-state index is 11.5. The van der Waals surface area contributed by atoms with Gasteiger partial charge in [-0.3, -0.25) is 9.59 Å². The van der Waals surface area contributed by atoms with E-state index < -0.39 is 28.8 Å². The lowest BCUT2D eigenvalue weighted by Gasteiger charge is -2.16. The third-order valence-corrected chi connectivity index (χ3v) is 1.93. The Morgan fingerprint density at radius 3 is 2.12 bits per heavy atom. The number of esters is 1. The third-order valence-electron chi connectivity index (χ3n) is 1.93. The van der Waals surface area contributed by atoms with E-state index in [0.717, 1.165) is 0 Å². The van der Waals surface area contributed by atoms with E-state index in [9.17, 15) is 14.7 Å². The van der Waals surface area contributed by atoms with Crippen LogP contribution < -0.4 is 5.73 Å². The predicted octanol–water partition coefficient (Wildman–Crippen LogP) is 1.88. The number of aliphatic hydroxyl groups is 1. The average molecular weight is 243 g/mol. The molecule has 0 aliphatic carbocycles. The molecule has 0 bridgehead atoms. The minimum atomic E-state index is -0.810. The number of hydrogen-bond acceptors (Lipinski definition) is 5. The molecular weight excluding hydrogens is 222 g/mol. The van der Waals surface area contributed by atoms with Crippen LogP contribution in [0.2, 0.25) is 0 Å². The van der Waals surface area contributed by atoms with Crippen LogP contribution in [0.3, 0.4) is 0 Å². The smallest absolute Gasteiger partial charge is 0.319 e. The lowest BCUT2D eigenvalue weighted by molar-refractivity contribution is -0.152. The van der Waals surface area contributed by atoms with Crippen molar-refractivity contribution in [1.29, 1.82) is 0 Å². The monoisotopic (exact) mass is 243 g/mol. The summed E-state index contributed by atoms with van der Waals surface area (Å²) in [5.41, 5.74) is 4.23. The first-order valence-corrected chi connectivity index (χ1v) is 5.50. The molecule has 0 aromatic carbocycles. The van der Waals surface area contributed by atoms with E-state index in [2.05, 4.69) is 4.74 Å². The van der Waals surface area contributed by atoms with E-state index in [0.29, 0.717) is 0 Å². The summed E-state index contributed by atoms with van der Waals surface area (Å²) in [5.74, 6) is -1.77. The molecule has 17 heavy (non-hydrogen) atoms. The number of allylic oxidation sites excluding steroid dienone is 1. The first-order valence-electron chi connectivity index (χ1n) is 5.50. The summed E-state index contributed by atoms with van der Waals surface area (Å²) in [6.07, 6.45) is 0.197. The van der Waals surface area contributed by atoms with Gasteiger partial charge >= 0.3 is 11.9 Å². The highest BCUT2D eigenvalue weighted by molar-refractivity contribution is 5.95. The maximum atomic E-state index is 11.5. The number of hydrogen-bond donors (Lipinski definition) is 2. The molecule has 0 fully saturated rings. The van der Waals surface area contributed by atoms with E-state index in [4.69, 9.17) is 5.73 Å². The molecule has 0 aromatic rings. The Bertz CT molecular complexity index is 337. The third kappa shape index (κ3) is 5.38. The second-order valence-corrected chi connectivity index (χ2v) is 5.38. The number of aliphatic hydroxyl groups excluding tert-OH is 1. The second-order valence-electron chi connectivity index (χ2n) is 5.38. The number of ketones is 1. The van der Waals surface area contributed by atoms with Crippen molar-refractivity contribution >= 4 is 11.8 Å². The first-order chi connectivity index (χ1) is 7.55. The molecule has 0 atom stereocenters. The molecule has 0 amide bonds. The molecule has 3 N–H and O–H groups in total. The van der Waals surface area contributed by atoms with Gasteiger partial charge in [0.15, 0.2) is 11.5 Å². The fourth-order valence-corrected chi connectivity index (χ4v) is 0.896. The highest BCUT2D eigenvalue weighted by atomic mass is 16.6. The number of Topliss-reactive ketones (excluding diaryl/α,β-unsaturated/α-hetero) is 1. The highest BCUT2D eigenvalue weighted by Crippen LogP contribution is 2.17. The van der Waals surface area contributed by atoms with Crippen molar-refractivity contribution < 1.29 is 19.4 Å². The van der Waals surface area contributed by atoms with E-state index >= 15 is 0 Å². The Balaban J connectivity index is 4.72. The molecule has 0 unspecified atom stereocenters. The zero-order valence-corrected chi connectivity index (χ0v) is 11.0. The Kier molecular flexibility index (Phi) is 5.19. The van der Waals surface area contributed by atoms with Crippen LogP contribution in [-0.4, -0.2) is 16.9 Å². The average Bonchev–Trinajstić information content (AvgIpc) is 2.13. The SMILES string of the molecule is CC(C)CC(=O)/C(N)=C(\O)OC(=O)C(C)(C)C. The molecule has 0 radical (unpaired) electrons. The summed E-state index contributed by atoms with van der Waals surface area (Å²) >= 11 is 0. The maximum Gasteiger partial charge on any atom is 0.319 e. The number of carbonyl (C=O) groups excluding carboxylic acids is 2. The lowest BCUT2D eigenvalue weighted by atomic mass is 9.97. The second kappa shape index (κ2) is 5.70. The Labute approximate surface area is 102 Å². The van der Waals surface area contributed by atoms with Crippen molar-refractivity contribution in [2.45, 2.75) is 41.0 Å². The molecule has 0 saturated heterocycles. The summed E-state index contributed by atoms with van der Waals surface area (Å²) in [5, 5.41) is 9.43. The van der Waals surface area contributed by atoms with Gasteiger partial charge in [0, 0.05) is 6.42 Å². The zero-order valence-electron chi connectivity index (χ0n) is 11.0. The van der Waals surface area contributed by atoms with Gasteiger partial charge in [-0.1, -0.05) is 13.8 Å². The number of rotatable bonds is 4. The van der Waals surface area contributed by atoms with Crippen LogP contribution in [-0.2, 0) is 14.3 Å². The van der Waals surface area contributed by atoms with Crippen LogP contribution in [0.4, 0.5) is 0 Å². The molecule has 5 nitrogen and oxygen atoms in total. The van der Waals surface area contributed by atoms with Gasteiger partial charge in [-0.15, -0.1) is 0 Å². The van der Waals surface area contributed by atoms with Crippen LogP contribution in [0.1, 0.15) is 41.0 Å². The molecule has 0 aliphatic heterocycles. The molecule has 0 rings (SSSR count). The van der Waals surface area contributed by atoms with Crippen LogP contribution in [0.15, 0.2) is 11.6 Å². The fourth-order valence-electron chi connectivity index (χ4n) is 0.896. The Hall–Kier alpha value is -1.52. The van der Waals surface area contributed by atoms with Crippen molar-refractivity contribution in [2.24, 2.45) is 17.1 Å². The summed E-state index contributed by atoms with van der Waals surface area (Å²) in [4.78, 5) is 22.9. The van der Waals surface area contributed by atoms with E-state index in [1.54, 1.807) is 20.8 Å². The molecular formula is C12H21NO4. The Morgan fingerprint density at radius 2 is 1.76 bits per heavy atom. The Morgan fingerprint density at radius 1 is 1.29 bits per heavy atom. The van der Waals surface area contributed by atoms with E-state index in [-0.39, 0.29) is 12.3 Å². The zero-order chi connectivity index (χ0) is 13.8. The minimum Gasteiger partial charge on any atom is -0.479 e. The quantitative estimate of drug-likeness (QED) is 0.447. The molecule has 0 saturated carbocycles. The topological polar surface area (TPSA) is 89.6 Å². The van der Waals surface area contributed by atoms with Crippen LogP contribution in [0, 0.1) is 11.3 Å². The van der Waals surface area contributed by atoms with Crippen LogP contribution >= 0.6 is 0 Å².